The lowest BCUT2D eigenvalue weighted by molar-refractivity contribution is -0.135. The lowest BCUT2D eigenvalue weighted by Gasteiger charge is -2.48. The number of hydrogen-bond donors (Lipinski definition) is 1. The SMILES string of the molecule is C[C@]1(Br)C[C@](C)(C(=O)NCCc2ccc(Br)cc2)C1. The average Bonchev–Trinajstić information content (AvgIpc) is 2.29. The van der Waals surface area contributed by atoms with Gasteiger partial charge in [-0.05, 0) is 43.9 Å². The number of rotatable bonds is 4. The van der Waals surface area contributed by atoms with Crippen LogP contribution in [0.5, 0.6) is 0 Å². The van der Waals surface area contributed by atoms with Crippen molar-refractivity contribution in [3.63, 3.8) is 0 Å². The Morgan fingerprint density at radius 3 is 2.37 bits per heavy atom. The number of benzene rings is 1. The molecule has 0 bridgehead atoms. The van der Waals surface area contributed by atoms with E-state index in [2.05, 4.69) is 56.2 Å². The molecule has 1 aliphatic rings. The van der Waals surface area contributed by atoms with Gasteiger partial charge in [-0.15, -0.1) is 0 Å². The minimum Gasteiger partial charge on any atom is -0.355 e. The molecule has 1 N–H and O–H groups in total. The maximum atomic E-state index is 12.1. The maximum absolute atomic E-state index is 12.1. The highest BCUT2D eigenvalue weighted by Crippen LogP contribution is 2.53. The predicted molar refractivity (Wildman–Crippen MR) is 85.5 cm³/mol. The van der Waals surface area contributed by atoms with Gasteiger partial charge >= 0.3 is 0 Å². The van der Waals surface area contributed by atoms with Crippen LogP contribution in [-0.2, 0) is 11.2 Å². The van der Waals surface area contributed by atoms with E-state index in [4.69, 9.17) is 0 Å². The number of halogens is 2. The fraction of sp³-hybridized carbons (Fsp3) is 0.533. The quantitative estimate of drug-likeness (QED) is 0.774. The molecule has 0 unspecified atom stereocenters. The van der Waals surface area contributed by atoms with Crippen molar-refractivity contribution in [3.05, 3.63) is 34.3 Å². The molecule has 1 amide bonds. The molecule has 19 heavy (non-hydrogen) atoms. The first-order chi connectivity index (χ1) is 8.81. The van der Waals surface area contributed by atoms with Crippen LogP contribution >= 0.6 is 31.9 Å². The number of alkyl halides is 1. The molecule has 1 aromatic carbocycles. The first-order valence-electron chi connectivity index (χ1n) is 6.52. The van der Waals surface area contributed by atoms with Crippen molar-refractivity contribution in [2.75, 3.05) is 6.54 Å². The van der Waals surface area contributed by atoms with Crippen molar-refractivity contribution >= 4 is 37.8 Å². The number of carbonyl (C=O) groups excluding carboxylic acids is 1. The highest BCUT2D eigenvalue weighted by atomic mass is 79.9. The van der Waals surface area contributed by atoms with Crippen LogP contribution in [0.3, 0.4) is 0 Å². The first-order valence-corrected chi connectivity index (χ1v) is 8.11. The van der Waals surface area contributed by atoms with Crippen molar-refractivity contribution < 1.29 is 4.79 Å². The minimum atomic E-state index is -0.196. The summed E-state index contributed by atoms with van der Waals surface area (Å²) >= 11 is 7.05. The second kappa shape index (κ2) is 5.57. The molecular weight excluding hydrogens is 370 g/mol. The van der Waals surface area contributed by atoms with Gasteiger partial charge in [-0.2, -0.15) is 0 Å². The predicted octanol–water partition coefficient (Wildman–Crippen LogP) is 4.06. The third kappa shape index (κ3) is 3.82. The minimum absolute atomic E-state index is 0.144. The number of carbonyl (C=O) groups is 1. The van der Waals surface area contributed by atoms with Crippen LogP contribution in [-0.4, -0.2) is 16.8 Å². The van der Waals surface area contributed by atoms with Crippen LogP contribution in [0.15, 0.2) is 28.7 Å². The Balaban J connectivity index is 1.77. The summed E-state index contributed by atoms with van der Waals surface area (Å²) in [6.45, 7) is 4.89. The summed E-state index contributed by atoms with van der Waals surface area (Å²) in [4.78, 5) is 12.1. The molecule has 104 valence electrons. The average molecular weight is 389 g/mol. The van der Waals surface area contributed by atoms with Crippen LogP contribution in [0.4, 0.5) is 0 Å². The van der Waals surface area contributed by atoms with E-state index >= 15 is 0 Å². The van der Waals surface area contributed by atoms with E-state index < -0.39 is 0 Å². The molecule has 0 spiro atoms. The zero-order valence-corrected chi connectivity index (χ0v) is 14.5. The smallest absolute Gasteiger partial charge is 0.226 e. The summed E-state index contributed by atoms with van der Waals surface area (Å²) in [6, 6.07) is 8.22. The third-order valence-electron chi connectivity index (χ3n) is 3.68. The summed E-state index contributed by atoms with van der Waals surface area (Å²) < 4.78 is 1.23. The molecule has 2 nitrogen and oxygen atoms in total. The lowest BCUT2D eigenvalue weighted by atomic mass is 9.63. The van der Waals surface area contributed by atoms with Gasteiger partial charge in [-0.25, -0.2) is 0 Å². The summed E-state index contributed by atoms with van der Waals surface area (Å²) in [7, 11) is 0. The molecule has 0 atom stereocenters. The van der Waals surface area contributed by atoms with E-state index in [1.54, 1.807) is 0 Å². The van der Waals surface area contributed by atoms with Gasteiger partial charge in [0.15, 0.2) is 0 Å². The summed E-state index contributed by atoms with van der Waals surface area (Å²) in [5, 5.41) is 3.05. The summed E-state index contributed by atoms with van der Waals surface area (Å²) in [5.41, 5.74) is 1.05. The molecule has 0 radical (unpaired) electrons. The van der Waals surface area contributed by atoms with E-state index in [1.807, 2.05) is 19.1 Å². The zero-order chi connectivity index (χ0) is 14.1. The van der Waals surface area contributed by atoms with E-state index in [0.717, 1.165) is 23.7 Å². The Labute approximate surface area is 131 Å². The Hall–Kier alpha value is -0.350. The third-order valence-corrected chi connectivity index (χ3v) is 4.77. The Morgan fingerprint density at radius 1 is 1.26 bits per heavy atom. The van der Waals surface area contributed by atoms with Crippen molar-refractivity contribution in [1.82, 2.24) is 5.32 Å². The van der Waals surface area contributed by atoms with Crippen molar-refractivity contribution in [3.8, 4) is 0 Å². The van der Waals surface area contributed by atoms with E-state index in [1.165, 1.54) is 5.56 Å². The number of amides is 1. The van der Waals surface area contributed by atoms with Gasteiger partial charge in [0.25, 0.3) is 0 Å². The van der Waals surface area contributed by atoms with Gasteiger partial charge in [0, 0.05) is 20.8 Å². The van der Waals surface area contributed by atoms with Crippen LogP contribution in [0.25, 0.3) is 0 Å². The van der Waals surface area contributed by atoms with Crippen LogP contribution in [0.1, 0.15) is 32.3 Å². The summed E-state index contributed by atoms with van der Waals surface area (Å²) in [5.74, 6) is 0.182. The summed E-state index contributed by atoms with van der Waals surface area (Å²) in [6.07, 6.45) is 2.69. The molecule has 1 aliphatic carbocycles. The maximum Gasteiger partial charge on any atom is 0.226 e. The number of nitrogens with one attached hydrogen (secondary N) is 1. The standard InChI is InChI=1S/C15H19Br2NO/c1-14(9-15(2,17)10-14)13(19)18-8-7-11-3-5-12(16)6-4-11/h3-6H,7-10H2,1-2H3,(H,18,19)/t14-,15-. The molecule has 0 saturated heterocycles. The molecule has 0 aromatic heterocycles. The van der Waals surface area contributed by atoms with Gasteiger partial charge in [0.1, 0.15) is 0 Å². The lowest BCUT2D eigenvalue weighted by Crippen LogP contribution is -2.53. The normalized spacial score (nSPS) is 29.7. The highest BCUT2D eigenvalue weighted by molar-refractivity contribution is 9.10. The Kier molecular flexibility index (Phi) is 4.41. The molecule has 0 aliphatic heterocycles. The molecule has 4 heteroatoms. The molecule has 1 fully saturated rings. The second-order valence-corrected chi connectivity index (χ2v) is 8.79. The molecule has 0 heterocycles. The molecule has 1 aromatic rings. The van der Waals surface area contributed by atoms with E-state index in [-0.39, 0.29) is 15.6 Å². The fourth-order valence-corrected chi connectivity index (χ4v) is 4.42. The van der Waals surface area contributed by atoms with Crippen LogP contribution < -0.4 is 5.32 Å². The topological polar surface area (TPSA) is 29.1 Å². The Morgan fingerprint density at radius 2 is 1.84 bits per heavy atom. The largest absolute Gasteiger partial charge is 0.355 e. The monoisotopic (exact) mass is 387 g/mol. The van der Waals surface area contributed by atoms with Gasteiger partial charge in [-0.3, -0.25) is 4.79 Å². The van der Waals surface area contributed by atoms with Crippen molar-refractivity contribution in [2.24, 2.45) is 5.41 Å². The van der Waals surface area contributed by atoms with Crippen molar-refractivity contribution in [2.45, 2.75) is 37.4 Å². The van der Waals surface area contributed by atoms with Gasteiger partial charge in [0.05, 0.1) is 0 Å². The molecule has 2 rings (SSSR count). The zero-order valence-electron chi connectivity index (χ0n) is 11.3. The van der Waals surface area contributed by atoms with E-state index in [0.29, 0.717) is 6.54 Å². The highest BCUT2D eigenvalue weighted by Gasteiger charge is 2.51. The molecular formula is C15H19Br2NO. The van der Waals surface area contributed by atoms with Gasteiger partial charge in [-0.1, -0.05) is 50.9 Å². The Bertz CT molecular complexity index is 460. The van der Waals surface area contributed by atoms with E-state index in [9.17, 15) is 4.79 Å². The fourth-order valence-electron chi connectivity index (χ4n) is 2.92. The number of hydrogen-bond acceptors (Lipinski definition) is 1. The van der Waals surface area contributed by atoms with Crippen LogP contribution in [0.2, 0.25) is 0 Å². The van der Waals surface area contributed by atoms with Gasteiger partial charge < -0.3 is 5.32 Å². The first kappa shape index (κ1) is 15.0. The van der Waals surface area contributed by atoms with Crippen molar-refractivity contribution in [1.29, 1.82) is 0 Å². The second-order valence-electron chi connectivity index (χ2n) is 5.96. The molecule has 1 saturated carbocycles. The van der Waals surface area contributed by atoms with Crippen LogP contribution in [0, 0.1) is 5.41 Å². The van der Waals surface area contributed by atoms with Gasteiger partial charge in [0.2, 0.25) is 5.91 Å².